The molecule has 0 bridgehead atoms. The second kappa shape index (κ2) is 6.95. The Morgan fingerprint density at radius 1 is 1.13 bits per heavy atom. The molecule has 0 radical (unpaired) electrons. The Kier molecular flexibility index (Phi) is 4.75. The minimum atomic E-state index is 0.243. The molecule has 2 aromatic carbocycles. The molecule has 0 saturated heterocycles. The molecule has 0 heterocycles. The maximum atomic E-state index is 9.68. The van der Waals surface area contributed by atoms with Crippen LogP contribution in [0.15, 0.2) is 64.8 Å². The molecule has 1 fully saturated rings. The average molecular weight is 308 g/mol. The van der Waals surface area contributed by atoms with Gasteiger partial charge in [-0.15, -0.1) is 0 Å². The number of aromatic hydroxyl groups is 1. The molecule has 0 spiro atoms. The number of phenolic OH excluding ortho intramolecular Hbond substituents is 1. The van der Waals surface area contributed by atoms with Gasteiger partial charge in [0.1, 0.15) is 5.75 Å². The van der Waals surface area contributed by atoms with Gasteiger partial charge in [-0.05, 0) is 54.0 Å². The Hall–Kier alpha value is -2.16. The molecule has 3 heteroatoms. The summed E-state index contributed by atoms with van der Waals surface area (Å²) in [6.07, 6.45) is 2.23. The van der Waals surface area contributed by atoms with Crippen molar-refractivity contribution in [3.63, 3.8) is 0 Å². The summed E-state index contributed by atoms with van der Waals surface area (Å²) in [6.45, 7) is 4.47. The molecule has 1 aliphatic rings. The molecule has 120 valence electrons. The summed E-state index contributed by atoms with van der Waals surface area (Å²) in [5.41, 5.74) is 2.13. The molecule has 2 aromatic rings. The maximum absolute atomic E-state index is 9.68. The van der Waals surface area contributed by atoms with Crippen molar-refractivity contribution in [2.75, 3.05) is 0 Å². The Bertz CT molecular complexity index is 668. The second-order valence-electron chi connectivity index (χ2n) is 6.53. The third-order valence-electron chi connectivity index (χ3n) is 4.87. The van der Waals surface area contributed by atoms with Gasteiger partial charge in [-0.2, -0.15) is 10.2 Å². The summed E-state index contributed by atoms with van der Waals surface area (Å²) < 4.78 is 0. The Balaban J connectivity index is 1.75. The van der Waals surface area contributed by atoms with Gasteiger partial charge >= 0.3 is 0 Å². The third kappa shape index (κ3) is 3.79. The molecule has 3 rings (SSSR count). The smallest absolute Gasteiger partial charge is 0.115 e. The number of benzene rings is 2. The van der Waals surface area contributed by atoms with Crippen molar-refractivity contribution in [1.82, 2.24) is 0 Å². The van der Waals surface area contributed by atoms with E-state index in [9.17, 15) is 5.11 Å². The molecule has 3 nitrogen and oxygen atoms in total. The van der Waals surface area contributed by atoms with E-state index in [1.165, 1.54) is 5.56 Å². The number of phenols is 1. The standard InChI is InChI=1S/C20H24N2O/c1-3-14(2)20(22-21-16-9-5-4-6-10-16)19-13-18(19)15-8-7-11-17(23)12-15/h4-12,14,18-20,23H,3,13H2,1-2H3. The van der Waals surface area contributed by atoms with Crippen molar-refractivity contribution in [1.29, 1.82) is 0 Å². The van der Waals surface area contributed by atoms with Gasteiger partial charge in [0.15, 0.2) is 0 Å². The Labute approximate surface area is 138 Å². The lowest BCUT2D eigenvalue weighted by atomic mass is 9.93. The largest absolute Gasteiger partial charge is 0.508 e. The zero-order chi connectivity index (χ0) is 16.2. The molecule has 4 atom stereocenters. The van der Waals surface area contributed by atoms with E-state index in [-0.39, 0.29) is 6.04 Å². The first-order chi connectivity index (χ1) is 11.2. The fourth-order valence-electron chi connectivity index (χ4n) is 3.22. The van der Waals surface area contributed by atoms with Gasteiger partial charge in [0.05, 0.1) is 11.7 Å². The van der Waals surface area contributed by atoms with Crippen molar-refractivity contribution in [2.45, 2.75) is 38.6 Å². The van der Waals surface area contributed by atoms with E-state index in [1.54, 1.807) is 6.07 Å². The predicted octanol–water partition coefficient (Wildman–Crippen LogP) is 5.69. The van der Waals surface area contributed by atoms with E-state index in [4.69, 9.17) is 0 Å². The maximum Gasteiger partial charge on any atom is 0.115 e. The summed E-state index contributed by atoms with van der Waals surface area (Å²) in [4.78, 5) is 0. The average Bonchev–Trinajstić information content (AvgIpc) is 3.36. The van der Waals surface area contributed by atoms with E-state index in [0.717, 1.165) is 18.5 Å². The van der Waals surface area contributed by atoms with E-state index < -0.39 is 0 Å². The van der Waals surface area contributed by atoms with Crippen LogP contribution < -0.4 is 0 Å². The van der Waals surface area contributed by atoms with Crippen LogP contribution in [0.25, 0.3) is 0 Å². The first kappa shape index (κ1) is 15.7. The number of nitrogens with zero attached hydrogens (tertiary/aromatic N) is 2. The zero-order valence-corrected chi connectivity index (χ0v) is 13.8. The molecular formula is C20H24N2O. The topological polar surface area (TPSA) is 45.0 Å². The molecule has 0 amide bonds. The van der Waals surface area contributed by atoms with E-state index >= 15 is 0 Å². The summed E-state index contributed by atoms with van der Waals surface area (Å²) in [7, 11) is 0. The summed E-state index contributed by atoms with van der Waals surface area (Å²) in [5.74, 6) is 1.88. The zero-order valence-electron chi connectivity index (χ0n) is 13.8. The lowest BCUT2D eigenvalue weighted by molar-refractivity contribution is 0.389. The van der Waals surface area contributed by atoms with Crippen molar-refractivity contribution in [3.8, 4) is 5.75 Å². The second-order valence-corrected chi connectivity index (χ2v) is 6.53. The van der Waals surface area contributed by atoms with Crippen molar-refractivity contribution < 1.29 is 5.11 Å². The predicted molar refractivity (Wildman–Crippen MR) is 93.2 cm³/mol. The van der Waals surface area contributed by atoms with Crippen LogP contribution in [-0.2, 0) is 0 Å². The molecule has 1 saturated carbocycles. The van der Waals surface area contributed by atoms with Crippen molar-refractivity contribution in [2.24, 2.45) is 22.1 Å². The van der Waals surface area contributed by atoms with Gasteiger partial charge < -0.3 is 5.11 Å². The number of rotatable bonds is 6. The first-order valence-corrected chi connectivity index (χ1v) is 8.44. The van der Waals surface area contributed by atoms with Crippen LogP contribution in [-0.4, -0.2) is 11.1 Å². The van der Waals surface area contributed by atoms with E-state index in [0.29, 0.717) is 23.5 Å². The van der Waals surface area contributed by atoms with Gasteiger partial charge in [-0.1, -0.05) is 50.6 Å². The van der Waals surface area contributed by atoms with Crippen molar-refractivity contribution >= 4 is 5.69 Å². The normalized spacial score (nSPS) is 22.9. The lowest BCUT2D eigenvalue weighted by Gasteiger charge is -2.18. The number of hydrogen-bond donors (Lipinski definition) is 1. The van der Waals surface area contributed by atoms with E-state index in [1.807, 2.05) is 42.5 Å². The van der Waals surface area contributed by atoms with Gasteiger partial charge in [-0.25, -0.2) is 0 Å². The molecular weight excluding hydrogens is 284 g/mol. The van der Waals surface area contributed by atoms with E-state index in [2.05, 4.69) is 30.1 Å². The monoisotopic (exact) mass is 308 g/mol. The Morgan fingerprint density at radius 2 is 1.91 bits per heavy atom. The highest BCUT2D eigenvalue weighted by atomic mass is 16.3. The minimum Gasteiger partial charge on any atom is -0.508 e. The van der Waals surface area contributed by atoms with Crippen LogP contribution in [0.5, 0.6) is 5.75 Å². The number of hydrogen-bond acceptors (Lipinski definition) is 3. The molecule has 23 heavy (non-hydrogen) atoms. The van der Waals surface area contributed by atoms with Gasteiger partial charge in [0.2, 0.25) is 0 Å². The van der Waals surface area contributed by atoms with Crippen LogP contribution in [0, 0.1) is 11.8 Å². The quantitative estimate of drug-likeness (QED) is 0.684. The third-order valence-corrected chi connectivity index (χ3v) is 4.87. The van der Waals surface area contributed by atoms with Gasteiger partial charge in [-0.3, -0.25) is 0 Å². The van der Waals surface area contributed by atoms with Crippen LogP contribution in [0.4, 0.5) is 5.69 Å². The first-order valence-electron chi connectivity index (χ1n) is 8.44. The summed E-state index contributed by atoms with van der Waals surface area (Å²) in [5, 5.41) is 18.8. The SMILES string of the molecule is CCC(C)C(N=Nc1ccccc1)C1CC1c1cccc(O)c1. The molecule has 0 aliphatic heterocycles. The summed E-state index contributed by atoms with van der Waals surface area (Å²) >= 11 is 0. The van der Waals surface area contributed by atoms with Crippen LogP contribution in [0.1, 0.15) is 38.2 Å². The minimum absolute atomic E-state index is 0.243. The van der Waals surface area contributed by atoms with Crippen molar-refractivity contribution in [3.05, 3.63) is 60.2 Å². The molecule has 4 unspecified atom stereocenters. The van der Waals surface area contributed by atoms with Crippen LogP contribution in [0.3, 0.4) is 0 Å². The lowest BCUT2D eigenvalue weighted by Crippen LogP contribution is -2.18. The number of azo groups is 1. The molecule has 1 aliphatic carbocycles. The van der Waals surface area contributed by atoms with Crippen LogP contribution in [0.2, 0.25) is 0 Å². The Morgan fingerprint density at radius 3 is 2.61 bits per heavy atom. The molecule has 1 N–H and O–H groups in total. The fourth-order valence-corrected chi connectivity index (χ4v) is 3.22. The fraction of sp³-hybridized carbons (Fsp3) is 0.400. The van der Waals surface area contributed by atoms with Crippen LogP contribution >= 0.6 is 0 Å². The van der Waals surface area contributed by atoms with Gasteiger partial charge in [0.25, 0.3) is 0 Å². The van der Waals surface area contributed by atoms with Gasteiger partial charge in [0, 0.05) is 0 Å². The highest BCUT2D eigenvalue weighted by Crippen LogP contribution is 2.52. The highest BCUT2D eigenvalue weighted by molar-refractivity contribution is 5.35. The highest BCUT2D eigenvalue weighted by Gasteiger charge is 2.45. The summed E-state index contributed by atoms with van der Waals surface area (Å²) in [6, 6.07) is 17.8. The molecule has 0 aromatic heterocycles.